The van der Waals surface area contributed by atoms with Gasteiger partial charge in [-0.15, -0.1) is 0 Å². The summed E-state index contributed by atoms with van der Waals surface area (Å²) in [6.45, 7) is 7.04. The Morgan fingerprint density at radius 1 is 1.33 bits per heavy atom. The molecule has 1 rings (SSSR count). The van der Waals surface area contributed by atoms with Gasteiger partial charge in [0, 0.05) is 6.42 Å². The summed E-state index contributed by atoms with van der Waals surface area (Å²) in [5, 5.41) is 12.3. The van der Waals surface area contributed by atoms with E-state index in [9.17, 15) is 14.7 Å². The Morgan fingerprint density at radius 3 is 2.57 bits per heavy atom. The average molecular weight is 301 g/mol. The van der Waals surface area contributed by atoms with Crippen molar-refractivity contribution in [1.29, 1.82) is 0 Å². The molecule has 6 nitrogen and oxygen atoms in total. The Bertz CT molecular complexity index is 364. The number of hydrogen-bond donors (Lipinski definition) is 2. The Hall–Kier alpha value is -1.30. The van der Waals surface area contributed by atoms with Crippen LogP contribution in [-0.4, -0.2) is 41.0 Å². The molecule has 0 bridgehead atoms. The minimum absolute atomic E-state index is 0.367. The fourth-order valence-electron chi connectivity index (χ4n) is 2.26. The lowest BCUT2D eigenvalue weighted by Crippen LogP contribution is -2.45. The van der Waals surface area contributed by atoms with Crippen LogP contribution in [0.4, 0.5) is 4.79 Å². The molecule has 1 aliphatic heterocycles. The quantitative estimate of drug-likeness (QED) is 0.725. The van der Waals surface area contributed by atoms with Crippen molar-refractivity contribution in [3.8, 4) is 0 Å². The van der Waals surface area contributed by atoms with Crippen LogP contribution in [0.2, 0.25) is 0 Å². The van der Waals surface area contributed by atoms with Crippen LogP contribution in [0.1, 0.15) is 59.8 Å². The third-order valence-corrected chi connectivity index (χ3v) is 3.18. The average Bonchev–Trinajstić information content (AvgIpc) is 2.29. The van der Waals surface area contributed by atoms with Crippen molar-refractivity contribution in [3.05, 3.63) is 0 Å². The van der Waals surface area contributed by atoms with Crippen molar-refractivity contribution in [2.45, 2.75) is 83.6 Å². The van der Waals surface area contributed by atoms with Crippen LogP contribution in [0, 0.1) is 0 Å². The van der Waals surface area contributed by atoms with Crippen LogP contribution in [0.3, 0.4) is 0 Å². The van der Waals surface area contributed by atoms with E-state index in [0.717, 1.165) is 12.8 Å². The number of hydrogen-bond acceptors (Lipinski definition) is 5. The third kappa shape index (κ3) is 7.32. The first-order chi connectivity index (χ1) is 9.67. The lowest BCUT2D eigenvalue weighted by molar-refractivity contribution is -0.152. The fourth-order valence-corrected chi connectivity index (χ4v) is 2.26. The maximum Gasteiger partial charge on any atom is 0.408 e. The fraction of sp³-hybridized carbons (Fsp3) is 0.867. The molecule has 6 heteroatoms. The van der Waals surface area contributed by atoms with Gasteiger partial charge in [0.1, 0.15) is 17.7 Å². The molecule has 122 valence electrons. The maximum absolute atomic E-state index is 12.1. The summed E-state index contributed by atoms with van der Waals surface area (Å²) >= 11 is 0. The summed E-state index contributed by atoms with van der Waals surface area (Å²) in [5.74, 6) is -0.470. The van der Waals surface area contributed by atoms with E-state index in [1.54, 1.807) is 27.7 Å². The Kier molecular flexibility index (Phi) is 6.45. The Balaban J connectivity index is 2.61. The number of esters is 1. The third-order valence-electron chi connectivity index (χ3n) is 3.18. The van der Waals surface area contributed by atoms with Gasteiger partial charge in [0.2, 0.25) is 0 Å². The number of amides is 1. The molecule has 0 unspecified atom stereocenters. The van der Waals surface area contributed by atoms with Gasteiger partial charge in [0.25, 0.3) is 0 Å². The standard InChI is InChI=1S/C15H27NO5/c1-10-9-11(17)7-5-6-8-12(13(18)20-10)16-14(19)21-15(2,3)4/h10-12,17H,5-9H2,1-4H3,(H,16,19)/t10-,11-,12-/m0/s1. The number of carbonyl (C=O) groups excluding carboxylic acids is 2. The van der Waals surface area contributed by atoms with Crippen LogP contribution < -0.4 is 5.32 Å². The highest BCUT2D eigenvalue weighted by Crippen LogP contribution is 2.16. The van der Waals surface area contributed by atoms with Crippen molar-refractivity contribution in [2.75, 3.05) is 0 Å². The second-order valence-corrected chi connectivity index (χ2v) is 6.62. The Labute approximate surface area is 126 Å². The molecule has 0 aromatic heterocycles. The number of alkyl carbamates (subject to hydrolysis) is 1. The van der Waals surface area contributed by atoms with E-state index >= 15 is 0 Å². The van der Waals surface area contributed by atoms with Crippen LogP contribution in [0.15, 0.2) is 0 Å². The Morgan fingerprint density at radius 2 is 1.95 bits per heavy atom. The highest BCUT2D eigenvalue weighted by atomic mass is 16.6. The second-order valence-electron chi connectivity index (χ2n) is 6.62. The first-order valence-electron chi connectivity index (χ1n) is 7.55. The first-order valence-corrected chi connectivity index (χ1v) is 7.55. The van der Waals surface area contributed by atoms with Gasteiger partial charge in [0.15, 0.2) is 0 Å². The molecule has 1 fully saturated rings. The van der Waals surface area contributed by atoms with Crippen molar-refractivity contribution < 1.29 is 24.2 Å². The van der Waals surface area contributed by atoms with E-state index in [2.05, 4.69) is 5.32 Å². The van der Waals surface area contributed by atoms with E-state index in [1.165, 1.54) is 0 Å². The summed E-state index contributed by atoms with van der Waals surface area (Å²) in [4.78, 5) is 23.9. The van der Waals surface area contributed by atoms with Crippen LogP contribution >= 0.6 is 0 Å². The minimum atomic E-state index is -0.697. The molecule has 21 heavy (non-hydrogen) atoms. The molecule has 0 aromatic carbocycles. The molecule has 0 saturated carbocycles. The predicted molar refractivity (Wildman–Crippen MR) is 77.8 cm³/mol. The summed E-state index contributed by atoms with van der Waals surface area (Å²) in [5.41, 5.74) is -0.610. The number of rotatable bonds is 1. The number of aliphatic hydroxyl groups excluding tert-OH is 1. The monoisotopic (exact) mass is 301 g/mol. The summed E-state index contributed by atoms with van der Waals surface area (Å²) < 4.78 is 10.4. The highest BCUT2D eigenvalue weighted by molar-refractivity contribution is 5.81. The lowest BCUT2D eigenvalue weighted by Gasteiger charge is -2.25. The van der Waals surface area contributed by atoms with E-state index in [1.807, 2.05) is 0 Å². The molecular weight excluding hydrogens is 274 g/mol. The van der Waals surface area contributed by atoms with E-state index < -0.39 is 29.8 Å². The molecule has 1 amide bonds. The second kappa shape index (κ2) is 7.64. The van der Waals surface area contributed by atoms with Crippen molar-refractivity contribution in [1.82, 2.24) is 5.32 Å². The summed E-state index contributed by atoms with van der Waals surface area (Å²) in [6, 6.07) is -0.697. The van der Waals surface area contributed by atoms with Crippen molar-refractivity contribution in [3.63, 3.8) is 0 Å². The SMILES string of the molecule is C[C@H]1C[C@@H](O)CCCC[C@H](NC(=O)OC(C)(C)C)C(=O)O1. The van der Waals surface area contributed by atoms with Crippen LogP contribution in [-0.2, 0) is 14.3 Å². The number of nitrogens with one attached hydrogen (secondary N) is 1. The van der Waals surface area contributed by atoms with Crippen LogP contribution in [0.5, 0.6) is 0 Å². The largest absolute Gasteiger partial charge is 0.461 e. The molecule has 3 atom stereocenters. The summed E-state index contributed by atoms with van der Waals surface area (Å²) in [7, 11) is 0. The zero-order chi connectivity index (χ0) is 16.0. The topological polar surface area (TPSA) is 84.9 Å². The number of cyclic esters (lactones) is 1. The predicted octanol–water partition coefficient (Wildman–Crippen LogP) is 2.14. The number of aliphatic hydroxyl groups is 1. The van der Waals surface area contributed by atoms with Gasteiger partial charge in [-0.3, -0.25) is 0 Å². The zero-order valence-corrected chi connectivity index (χ0v) is 13.3. The lowest BCUT2D eigenvalue weighted by atomic mass is 10.0. The molecule has 1 aliphatic rings. The number of carbonyl (C=O) groups is 2. The molecule has 1 saturated heterocycles. The molecule has 0 aliphatic carbocycles. The smallest absolute Gasteiger partial charge is 0.408 e. The van der Waals surface area contributed by atoms with Gasteiger partial charge >= 0.3 is 12.1 Å². The van der Waals surface area contributed by atoms with E-state index in [0.29, 0.717) is 19.3 Å². The molecule has 1 heterocycles. The first kappa shape index (κ1) is 17.8. The highest BCUT2D eigenvalue weighted by Gasteiger charge is 2.27. The van der Waals surface area contributed by atoms with Crippen LogP contribution in [0.25, 0.3) is 0 Å². The zero-order valence-electron chi connectivity index (χ0n) is 13.3. The van der Waals surface area contributed by atoms with E-state index in [-0.39, 0.29) is 6.10 Å². The van der Waals surface area contributed by atoms with Gasteiger partial charge in [-0.25, -0.2) is 9.59 Å². The van der Waals surface area contributed by atoms with Crippen molar-refractivity contribution in [2.24, 2.45) is 0 Å². The van der Waals surface area contributed by atoms with Gasteiger partial charge in [-0.2, -0.15) is 0 Å². The molecule has 2 N–H and O–H groups in total. The van der Waals surface area contributed by atoms with Crippen molar-refractivity contribution >= 4 is 12.1 Å². The van der Waals surface area contributed by atoms with Gasteiger partial charge in [-0.05, 0) is 40.5 Å². The summed E-state index contributed by atoms with van der Waals surface area (Å²) in [6.07, 6.45) is 1.71. The molecular formula is C15H27NO5. The normalized spacial score (nSPS) is 28.4. The van der Waals surface area contributed by atoms with Gasteiger partial charge in [0.05, 0.1) is 6.10 Å². The maximum atomic E-state index is 12.1. The van der Waals surface area contributed by atoms with E-state index in [4.69, 9.17) is 9.47 Å². The number of ether oxygens (including phenoxy) is 2. The van der Waals surface area contributed by atoms with Gasteiger partial charge < -0.3 is 19.9 Å². The van der Waals surface area contributed by atoms with Gasteiger partial charge in [-0.1, -0.05) is 12.8 Å². The molecule has 0 aromatic rings. The minimum Gasteiger partial charge on any atom is -0.461 e. The molecule has 0 radical (unpaired) electrons. The molecule has 0 spiro atoms.